The summed E-state index contributed by atoms with van der Waals surface area (Å²) >= 11 is 0. The summed E-state index contributed by atoms with van der Waals surface area (Å²) in [5.74, 6) is 0. The van der Waals surface area contributed by atoms with Gasteiger partial charge >= 0.3 is 0 Å². The van der Waals surface area contributed by atoms with Crippen LogP contribution in [0.5, 0.6) is 0 Å². The summed E-state index contributed by atoms with van der Waals surface area (Å²) in [5, 5.41) is 3.19. The minimum Gasteiger partial charge on any atom is -0.399 e. The van der Waals surface area contributed by atoms with E-state index in [2.05, 4.69) is 5.32 Å². The zero-order chi connectivity index (χ0) is 12.5. The fourth-order valence-corrected chi connectivity index (χ4v) is 1.78. The van der Waals surface area contributed by atoms with Crippen LogP contribution >= 0.6 is 0 Å². The zero-order valence-corrected chi connectivity index (χ0v) is 9.85. The van der Waals surface area contributed by atoms with Crippen LogP contribution in [-0.4, -0.2) is 11.2 Å². The Morgan fingerprint density at radius 3 is 2.29 bits per heavy atom. The Labute approximate surface area is 101 Å². The van der Waals surface area contributed by atoms with Crippen molar-refractivity contribution >= 4 is 5.69 Å². The molecule has 17 heavy (non-hydrogen) atoms. The average molecular weight is 230 g/mol. The van der Waals surface area contributed by atoms with Crippen LogP contribution in [0.15, 0.2) is 54.3 Å². The second-order valence-electron chi connectivity index (χ2n) is 4.66. The highest BCUT2D eigenvalue weighted by Gasteiger charge is 2.31. The van der Waals surface area contributed by atoms with Crippen LogP contribution in [0.1, 0.15) is 6.92 Å². The molecule has 0 radical (unpaired) electrons. The van der Waals surface area contributed by atoms with Crippen molar-refractivity contribution in [2.45, 2.75) is 18.1 Å². The van der Waals surface area contributed by atoms with E-state index in [-0.39, 0.29) is 0 Å². The summed E-state index contributed by atoms with van der Waals surface area (Å²) < 4.78 is 0. The van der Waals surface area contributed by atoms with Crippen molar-refractivity contribution in [1.29, 1.82) is 0 Å². The van der Waals surface area contributed by atoms with Gasteiger partial charge in [-0.3, -0.25) is 0 Å². The Bertz CT molecular complexity index is 462. The van der Waals surface area contributed by atoms with Gasteiger partial charge in [0, 0.05) is 5.69 Å². The maximum Gasteiger partial charge on any atom is 0.146 e. The van der Waals surface area contributed by atoms with Gasteiger partial charge in [-0.25, -0.2) is 0 Å². The predicted octanol–water partition coefficient (Wildman–Crippen LogP) is 0.883. The molecule has 0 amide bonds. The van der Waals surface area contributed by atoms with Crippen molar-refractivity contribution in [3.8, 4) is 0 Å². The molecule has 2 atom stereocenters. The van der Waals surface area contributed by atoms with E-state index in [1.165, 1.54) is 0 Å². The second kappa shape index (κ2) is 3.91. The molecule has 1 aromatic carbocycles. The lowest BCUT2D eigenvalue weighted by Crippen LogP contribution is -2.54. The fraction of sp³-hybridized carbons (Fsp3) is 0.231. The van der Waals surface area contributed by atoms with Gasteiger partial charge in [-0.2, -0.15) is 0 Å². The van der Waals surface area contributed by atoms with Gasteiger partial charge < -0.3 is 22.5 Å². The molecule has 4 nitrogen and oxygen atoms in total. The van der Waals surface area contributed by atoms with Gasteiger partial charge in [0.25, 0.3) is 0 Å². The molecular formula is C13H18N4. The van der Waals surface area contributed by atoms with E-state index in [0.717, 1.165) is 5.69 Å². The number of anilines is 1. The lowest BCUT2D eigenvalue weighted by atomic mass is 9.89. The topological polar surface area (TPSA) is 90.1 Å². The highest BCUT2D eigenvalue weighted by Crippen LogP contribution is 2.23. The van der Waals surface area contributed by atoms with Gasteiger partial charge in [-0.15, -0.1) is 0 Å². The summed E-state index contributed by atoms with van der Waals surface area (Å²) in [6, 6.07) is 9.69. The van der Waals surface area contributed by atoms with Crippen LogP contribution in [0.2, 0.25) is 0 Å². The van der Waals surface area contributed by atoms with Gasteiger partial charge in [0.15, 0.2) is 0 Å². The third-order valence-electron chi connectivity index (χ3n) is 2.77. The van der Waals surface area contributed by atoms with Gasteiger partial charge in [0.2, 0.25) is 0 Å². The average Bonchev–Trinajstić information content (AvgIpc) is 2.26. The van der Waals surface area contributed by atoms with E-state index in [4.69, 9.17) is 17.2 Å². The number of para-hydroxylation sites is 1. The molecule has 4 heteroatoms. The van der Waals surface area contributed by atoms with E-state index in [1.54, 1.807) is 12.2 Å². The molecule has 1 aliphatic rings. The monoisotopic (exact) mass is 230 g/mol. The number of nitrogens with one attached hydrogen (secondary N) is 1. The van der Waals surface area contributed by atoms with Crippen LogP contribution in [0.3, 0.4) is 0 Å². The fourth-order valence-electron chi connectivity index (χ4n) is 1.78. The molecular weight excluding hydrogens is 212 g/mol. The number of nitrogens with two attached hydrogens (primary N) is 3. The first-order valence-electron chi connectivity index (χ1n) is 5.51. The molecule has 0 heterocycles. The predicted molar refractivity (Wildman–Crippen MR) is 71.0 cm³/mol. The first kappa shape index (κ1) is 11.7. The highest BCUT2D eigenvalue weighted by atomic mass is 15.1. The molecule has 0 aliphatic heterocycles. The summed E-state index contributed by atoms with van der Waals surface area (Å²) in [7, 11) is 0. The number of benzene rings is 1. The van der Waals surface area contributed by atoms with Gasteiger partial charge in [-0.05, 0) is 31.2 Å². The SMILES string of the molecule is CC1(N)C=CC(N)(Nc2ccccc2)C(N)=C1. The standard InChI is InChI=1S/C13H18N4/c1-12(15)7-8-13(16,11(14)9-12)17-10-5-3-2-4-6-10/h2-9,17H,14-16H2,1H3. The lowest BCUT2D eigenvalue weighted by molar-refractivity contribution is 0.617. The van der Waals surface area contributed by atoms with E-state index in [9.17, 15) is 0 Å². The first-order valence-corrected chi connectivity index (χ1v) is 5.51. The molecule has 2 unspecified atom stereocenters. The minimum absolute atomic E-state index is 0.522. The highest BCUT2D eigenvalue weighted by molar-refractivity contribution is 5.52. The van der Waals surface area contributed by atoms with Crippen molar-refractivity contribution < 1.29 is 0 Å². The van der Waals surface area contributed by atoms with Gasteiger partial charge in [0.1, 0.15) is 5.66 Å². The first-order chi connectivity index (χ1) is 7.91. The van der Waals surface area contributed by atoms with E-state index in [0.29, 0.717) is 5.70 Å². The van der Waals surface area contributed by atoms with Crippen molar-refractivity contribution in [3.05, 3.63) is 54.3 Å². The Morgan fingerprint density at radius 2 is 1.71 bits per heavy atom. The van der Waals surface area contributed by atoms with Gasteiger partial charge in [0.05, 0.1) is 11.2 Å². The molecule has 7 N–H and O–H groups in total. The molecule has 2 rings (SSSR count). The normalized spacial score (nSPS) is 32.1. The summed E-state index contributed by atoms with van der Waals surface area (Å²) in [6.45, 7) is 1.87. The third-order valence-corrected chi connectivity index (χ3v) is 2.77. The summed E-state index contributed by atoms with van der Waals surface area (Å²) in [5.41, 5.74) is 18.2. The van der Waals surface area contributed by atoms with Crippen LogP contribution in [0, 0.1) is 0 Å². The second-order valence-corrected chi connectivity index (χ2v) is 4.66. The molecule has 1 aliphatic carbocycles. The van der Waals surface area contributed by atoms with Gasteiger partial charge in [-0.1, -0.05) is 24.3 Å². The molecule has 0 saturated heterocycles. The van der Waals surface area contributed by atoms with Crippen LogP contribution < -0.4 is 22.5 Å². The van der Waals surface area contributed by atoms with Crippen LogP contribution in [0.4, 0.5) is 5.69 Å². The zero-order valence-electron chi connectivity index (χ0n) is 9.85. The summed E-state index contributed by atoms with van der Waals surface area (Å²) in [4.78, 5) is 0. The Balaban J connectivity index is 2.25. The molecule has 0 bridgehead atoms. The number of rotatable bonds is 2. The molecule has 0 aromatic heterocycles. The Morgan fingerprint density at radius 1 is 1.06 bits per heavy atom. The molecule has 0 fully saturated rings. The van der Waals surface area contributed by atoms with Crippen molar-refractivity contribution in [3.63, 3.8) is 0 Å². The Hall–Kier alpha value is -1.78. The number of hydrogen-bond acceptors (Lipinski definition) is 4. The lowest BCUT2D eigenvalue weighted by Gasteiger charge is -2.35. The molecule has 0 saturated carbocycles. The van der Waals surface area contributed by atoms with Crippen molar-refractivity contribution in [2.24, 2.45) is 17.2 Å². The van der Waals surface area contributed by atoms with Crippen LogP contribution in [0.25, 0.3) is 0 Å². The smallest absolute Gasteiger partial charge is 0.146 e. The van der Waals surface area contributed by atoms with Crippen molar-refractivity contribution in [2.75, 3.05) is 5.32 Å². The summed E-state index contributed by atoms with van der Waals surface area (Å²) in [6.07, 6.45) is 5.41. The maximum absolute atomic E-state index is 6.21. The molecule has 1 aromatic rings. The van der Waals surface area contributed by atoms with E-state index < -0.39 is 11.2 Å². The largest absolute Gasteiger partial charge is 0.399 e. The molecule has 90 valence electrons. The maximum atomic E-state index is 6.21. The third kappa shape index (κ3) is 2.49. The Kier molecular flexibility index (Phi) is 2.69. The quantitative estimate of drug-likeness (QED) is 0.448. The molecule has 0 spiro atoms. The number of hydrogen-bond donors (Lipinski definition) is 4. The van der Waals surface area contributed by atoms with Crippen molar-refractivity contribution in [1.82, 2.24) is 0 Å². The van der Waals surface area contributed by atoms with E-state index in [1.807, 2.05) is 43.3 Å². The van der Waals surface area contributed by atoms with E-state index >= 15 is 0 Å². The minimum atomic E-state index is -0.875. The van der Waals surface area contributed by atoms with Crippen LogP contribution in [-0.2, 0) is 0 Å².